The van der Waals surface area contributed by atoms with Gasteiger partial charge in [-0.15, -0.1) is 0 Å². The van der Waals surface area contributed by atoms with Crippen LogP contribution in [-0.4, -0.2) is 9.55 Å². The van der Waals surface area contributed by atoms with Gasteiger partial charge >= 0.3 is 0 Å². The fraction of sp³-hybridized carbons (Fsp3) is 0.0789. The molecule has 0 saturated carbocycles. The minimum atomic E-state index is -0.106. The van der Waals surface area contributed by atoms with E-state index in [0.717, 1.165) is 5.56 Å². The van der Waals surface area contributed by atoms with Crippen LogP contribution in [0.3, 0.4) is 0 Å². The highest BCUT2D eigenvalue weighted by Gasteiger charge is 2.36. The van der Waals surface area contributed by atoms with E-state index in [1.54, 1.807) is 0 Å². The molecule has 2 aromatic heterocycles. The summed E-state index contributed by atoms with van der Waals surface area (Å²) >= 11 is 0. The molecule has 2 heterocycles. The average Bonchev–Trinajstić information content (AvgIpc) is 3.46. The Morgan fingerprint density at radius 2 is 1.10 bits per heavy atom. The maximum absolute atomic E-state index is 4.27. The Morgan fingerprint density at radius 3 is 1.75 bits per heavy atom. The van der Waals surface area contributed by atoms with Gasteiger partial charge in [0.25, 0.3) is 0 Å². The first-order chi connectivity index (χ1) is 19.6. The van der Waals surface area contributed by atoms with Crippen LogP contribution in [-0.2, 0) is 5.41 Å². The maximum Gasteiger partial charge on any atom is 0.0541 e. The van der Waals surface area contributed by atoms with Gasteiger partial charge in [-0.05, 0) is 80.9 Å². The van der Waals surface area contributed by atoms with Crippen LogP contribution in [0.25, 0.3) is 60.9 Å². The Labute approximate surface area is 234 Å². The Morgan fingerprint density at radius 1 is 0.525 bits per heavy atom. The molecule has 0 amide bonds. The molecule has 8 rings (SSSR count). The molecule has 0 aliphatic heterocycles. The van der Waals surface area contributed by atoms with Gasteiger partial charge in [0.2, 0.25) is 0 Å². The third-order valence-electron chi connectivity index (χ3n) is 8.71. The molecule has 0 unspecified atom stereocenters. The molecule has 40 heavy (non-hydrogen) atoms. The molecule has 2 nitrogen and oxygen atoms in total. The molecule has 2 heteroatoms. The van der Waals surface area contributed by atoms with Gasteiger partial charge in [0.15, 0.2) is 0 Å². The molecule has 5 aromatic carbocycles. The third kappa shape index (κ3) is 3.32. The third-order valence-corrected chi connectivity index (χ3v) is 8.71. The summed E-state index contributed by atoms with van der Waals surface area (Å²) in [5.41, 5.74) is 13.8. The normalized spacial score (nSPS) is 13.4. The topological polar surface area (TPSA) is 17.8 Å². The summed E-state index contributed by atoms with van der Waals surface area (Å²) in [5.74, 6) is 0. The van der Waals surface area contributed by atoms with E-state index < -0.39 is 0 Å². The van der Waals surface area contributed by atoms with Gasteiger partial charge < -0.3 is 4.57 Å². The molecule has 0 radical (unpaired) electrons. The number of rotatable bonds is 3. The van der Waals surface area contributed by atoms with Crippen LogP contribution >= 0.6 is 0 Å². The summed E-state index contributed by atoms with van der Waals surface area (Å²) in [6.07, 6.45) is 3.73. The minimum absolute atomic E-state index is 0.106. The lowest BCUT2D eigenvalue weighted by Gasteiger charge is -2.23. The van der Waals surface area contributed by atoms with Gasteiger partial charge in [0, 0.05) is 34.3 Å². The number of nitrogens with zero attached hydrogens (tertiary/aromatic N) is 2. The monoisotopic (exact) mass is 512 g/mol. The second kappa shape index (κ2) is 8.53. The van der Waals surface area contributed by atoms with Crippen molar-refractivity contribution in [1.29, 1.82) is 0 Å². The molecule has 1 aliphatic rings. The smallest absolute Gasteiger partial charge is 0.0541 e. The first-order valence-corrected chi connectivity index (χ1v) is 13.9. The first kappa shape index (κ1) is 23.0. The number of fused-ring (bicyclic) bond motifs is 6. The Hall–Kier alpha value is -4.95. The van der Waals surface area contributed by atoms with E-state index in [4.69, 9.17) is 0 Å². The lowest BCUT2D eigenvalue weighted by atomic mass is 9.81. The van der Waals surface area contributed by atoms with E-state index in [2.05, 4.69) is 139 Å². The molecular formula is C38H28N2. The van der Waals surface area contributed by atoms with Crippen molar-refractivity contribution in [3.63, 3.8) is 0 Å². The van der Waals surface area contributed by atoms with Gasteiger partial charge in [-0.2, -0.15) is 0 Å². The Kier molecular flexibility index (Phi) is 4.90. The molecule has 0 fully saturated rings. The minimum Gasteiger partial charge on any atom is -0.309 e. The molecule has 0 spiro atoms. The van der Waals surface area contributed by atoms with Gasteiger partial charge in [-0.1, -0.05) is 98.8 Å². The SMILES string of the molecule is CC1(C)c2cc(-c3ccc(-c4cccnc4)cc3)ccc2-c2ccc(-n3c4ccccc4c4ccccc43)cc21. The predicted molar refractivity (Wildman–Crippen MR) is 167 cm³/mol. The van der Waals surface area contributed by atoms with Crippen LogP contribution in [0.1, 0.15) is 25.0 Å². The summed E-state index contributed by atoms with van der Waals surface area (Å²) in [7, 11) is 0. The van der Waals surface area contributed by atoms with Crippen LogP contribution in [0, 0.1) is 0 Å². The predicted octanol–water partition coefficient (Wildman–Crippen LogP) is 9.82. The number of hydrogen-bond donors (Lipinski definition) is 0. The summed E-state index contributed by atoms with van der Waals surface area (Å²) in [6, 6.07) is 44.4. The number of benzene rings is 5. The molecule has 0 saturated heterocycles. The van der Waals surface area contributed by atoms with E-state index in [1.807, 2.05) is 18.5 Å². The summed E-state index contributed by atoms with van der Waals surface area (Å²) in [6.45, 7) is 4.73. The van der Waals surface area contributed by atoms with Crippen LogP contribution < -0.4 is 0 Å². The van der Waals surface area contributed by atoms with Crippen LogP contribution in [0.4, 0.5) is 0 Å². The summed E-state index contributed by atoms with van der Waals surface area (Å²) in [5, 5.41) is 2.58. The van der Waals surface area contributed by atoms with Crippen molar-refractivity contribution >= 4 is 21.8 Å². The number of para-hydroxylation sites is 2. The molecule has 7 aromatic rings. The fourth-order valence-electron chi connectivity index (χ4n) is 6.63. The number of hydrogen-bond acceptors (Lipinski definition) is 1. The van der Waals surface area contributed by atoms with Crippen molar-refractivity contribution in [1.82, 2.24) is 9.55 Å². The highest BCUT2D eigenvalue weighted by atomic mass is 15.0. The van der Waals surface area contributed by atoms with Crippen LogP contribution in [0.2, 0.25) is 0 Å². The van der Waals surface area contributed by atoms with Gasteiger partial charge in [-0.3, -0.25) is 4.98 Å². The van der Waals surface area contributed by atoms with Crippen molar-refractivity contribution in [2.24, 2.45) is 0 Å². The van der Waals surface area contributed by atoms with Crippen molar-refractivity contribution in [3.8, 4) is 39.1 Å². The van der Waals surface area contributed by atoms with E-state index in [9.17, 15) is 0 Å². The first-order valence-electron chi connectivity index (χ1n) is 13.9. The van der Waals surface area contributed by atoms with Crippen LogP contribution in [0.15, 0.2) is 134 Å². The van der Waals surface area contributed by atoms with Crippen molar-refractivity contribution in [2.75, 3.05) is 0 Å². The Balaban J connectivity index is 1.22. The lowest BCUT2D eigenvalue weighted by molar-refractivity contribution is 0.660. The average molecular weight is 513 g/mol. The van der Waals surface area contributed by atoms with Gasteiger partial charge in [0.1, 0.15) is 0 Å². The molecule has 1 aliphatic carbocycles. The largest absolute Gasteiger partial charge is 0.309 e. The second-order valence-electron chi connectivity index (χ2n) is 11.3. The standard InChI is InChI=1S/C38H28N2/c1-38(2)34-22-27(25-13-15-26(16-14-25)28-8-7-21-39-24-28)17-19-30(34)31-20-18-29(23-35(31)38)40-36-11-5-3-9-32(36)33-10-4-6-12-37(33)40/h3-24H,1-2H3. The van der Waals surface area contributed by atoms with Crippen LogP contribution in [0.5, 0.6) is 0 Å². The van der Waals surface area contributed by atoms with E-state index >= 15 is 0 Å². The zero-order chi connectivity index (χ0) is 26.8. The van der Waals surface area contributed by atoms with Gasteiger partial charge in [-0.25, -0.2) is 0 Å². The lowest BCUT2D eigenvalue weighted by Crippen LogP contribution is -2.15. The fourth-order valence-corrected chi connectivity index (χ4v) is 6.63. The summed E-state index contributed by atoms with van der Waals surface area (Å²) < 4.78 is 2.42. The highest BCUT2D eigenvalue weighted by Crippen LogP contribution is 2.50. The molecule has 0 bridgehead atoms. The van der Waals surface area contributed by atoms with E-state index in [0.29, 0.717) is 0 Å². The number of pyridine rings is 1. The van der Waals surface area contributed by atoms with E-state index in [1.165, 1.54) is 66.4 Å². The van der Waals surface area contributed by atoms with E-state index in [-0.39, 0.29) is 5.41 Å². The van der Waals surface area contributed by atoms with Crippen molar-refractivity contribution < 1.29 is 0 Å². The highest BCUT2D eigenvalue weighted by molar-refractivity contribution is 6.09. The zero-order valence-corrected chi connectivity index (χ0v) is 22.6. The Bertz CT molecular complexity index is 2010. The van der Waals surface area contributed by atoms with Gasteiger partial charge in [0.05, 0.1) is 11.0 Å². The van der Waals surface area contributed by atoms with Crippen molar-refractivity contribution in [3.05, 3.63) is 145 Å². The van der Waals surface area contributed by atoms with Crippen molar-refractivity contribution in [2.45, 2.75) is 19.3 Å². The zero-order valence-electron chi connectivity index (χ0n) is 22.6. The molecule has 0 N–H and O–H groups in total. The molecule has 190 valence electrons. The number of aromatic nitrogens is 2. The second-order valence-corrected chi connectivity index (χ2v) is 11.3. The summed E-state index contributed by atoms with van der Waals surface area (Å²) in [4.78, 5) is 4.27. The maximum atomic E-state index is 4.27. The quantitative estimate of drug-likeness (QED) is 0.230. The molecular weight excluding hydrogens is 484 g/mol. The molecule has 0 atom stereocenters.